The molecule has 0 N–H and O–H groups in total. The van der Waals surface area contributed by atoms with Gasteiger partial charge in [0.05, 0.1) is 0 Å². The van der Waals surface area contributed by atoms with Gasteiger partial charge < -0.3 is 14.2 Å². The summed E-state index contributed by atoms with van der Waals surface area (Å²) < 4.78 is 16.9. The fraction of sp³-hybridized carbons (Fsp3) is 0.776. The Bertz CT molecular complexity index is 1550. The summed E-state index contributed by atoms with van der Waals surface area (Å²) >= 11 is 0. The Morgan fingerprint density at radius 3 is 0.744 bits per heavy atom. The highest BCUT2D eigenvalue weighted by atomic mass is 16.6. The first-order valence-corrected chi connectivity index (χ1v) is 35.6. The summed E-state index contributed by atoms with van der Waals surface area (Å²) in [6.45, 7) is 6.50. The lowest BCUT2D eigenvalue weighted by molar-refractivity contribution is -0.167. The van der Waals surface area contributed by atoms with E-state index in [9.17, 15) is 14.4 Å². The molecule has 0 saturated carbocycles. The van der Waals surface area contributed by atoms with E-state index in [1.807, 2.05) is 0 Å². The summed E-state index contributed by atoms with van der Waals surface area (Å²) in [4.78, 5) is 38.1. The van der Waals surface area contributed by atoms with Crippen molar-refractivity contribution in [1.29, 1.82) is 0 Å². The lowest BCUT2D eigenvalue weighted by Crippen LogP contribution is -2.30. The average molecular weight is 1140 g/mol. The van der Waals surface area contributed by atoms with Crippen LogP contribution in [0.25, 0.3) is 0 Å². The Kier molecular flexibility index (Phi) is 67.2. The largest absolute Gasteiger partial charge is 0.462 e. The third-order valence-electron chi connectivity index (χ3n) is 15.6. The van der Waals surface area contributed by atoms with Crippen LogP contribution in [0.15, 0.2) is 85.1 Å². The molecular formula is C76H134O6. The van der Waals surface area contributed by atoms with Gasteiger partial charge in [-0.15, -0.1) is 0 Å². The monoisotopic (exact) mass is 1140 g/mol. The molecule has 6 heteroatoms. The van der Waals surface area contributed by atoms with E-state index in [0.717, 1.165) is 96.3 Å². The van der Waals surface area contributed by atoms with Crippen LogP contribution >= 0.6 is 0 Å². The number of ether oxygens (including phenoxy) is 3. The van der Waals surface area contributed by atoms with Crippen LogP contribution in [0.1, 0.15) is 361 Å². The van der Waals surface area contributed by atoms with Crippen molar-refractivity contribution in [3.05, 3.63) is 85.1 Å². The van der Waals surface area contributed by atoms with E-state index in [4.69, 9.17) is 14.2 Å². The van der Waals surface area contributed by atoms with Crippen molar-refractivity contribution in [2.45, 2.75) is 367 Å². The van der Waals surface area contributed by atoms with Gasteiger partial charge in [0, 0.05) is 19.3 Å². The van der Waals surface area contributed by atoms with Crippen molar-refractivity contribution < 1.29 is 28.6 Å². The molecule has 474 valence electrons. The zero-order valence-electron chi connectivity index (χ0n) is 54.5. The van der Waals surface area contributed by atoms with E-state index in [1.165, 1.54) is 225 Å². The topological polar surface area (TPSA) is 78.9 Å². The number of esters is 3. The average Bonchev–Trinajstić information content (AvgIpc) is 3.47. The molecule has 1 unspecified atom stereocenters. The Balaban J connectivity index is 3.98. The molecule has 0 amide bonds. The fourth-order valence-corrected chi connectivity index (χ4v) is 10.3. The number of hydrogen-bond acceptors (Lipinski definition) is 6. The summed E-state index contributed by atoms with van der Waals surface area (Å²) in [5.74, 6) is -0.868. The Hall–Kier alpha value is -3.41. The molecule has 0 spiro atoms. The van der Waals surface area contributed by atoms with Gasteiger partial charge in [0.1, 0.15) is 13.2 Å². The zero-order chi connectivity index (χ0) is 59.2. The smallest absolute Gasteiger partial charge is 0.306 e. The Labute approximate surface area is 509 Å². The standard InChI is InChI=1S/C76H134O6/c1-4-7-10-13-16-18-20-22-24-26-28-30-32-34-35-36-37-38-39-40-41-43-44-46-48-50-52-54-56-58-60-63-66-69-75(78)81-72-73(71-80-74(77)68-65-62-15-12-9-6-3)82-76(79)70-67-64-61-59-57-55-53-51-49-47-45-42-33-31-29-27-25-23-21-19-17-14-11-8-5-2/h8,11,17,19-20,22-23,25-26,28-29,31-32,34,73H,4-7,9-10,12-16,18,21,24,27,30,33,35-72H2,1-3H3/b11-8-,19-17-,22-20-,25-23-,28-26-,31-29-,34-32-. The highest BCUT2D eigenvalue weighted by Crippen LogP contribution is 2.18. The van der Waals surface area contributed by atoms with Gasteiger partial charge in [-0.3, -0.25) is 14.4 Å². The lowest BCUT2D eigenvalue weighted by Gasteiger charge is -2.18. The first-order chi connectivity index (χ1) is 40.5. The second-order valence-corrected chi connectivity index (χ2v) is 23.8. The highest BCUT2D eigenvalue weighted by Gasteiger charge is 2.19. The van der Waals surface area contributed by atoms with Crippen LogP contribution in [0.3, 0.4) is 0 Å². The summed E-state index contributed by atoms with van der Waals surface area (Å²) in [7, 11) is 0. The van der Waals surface area contributed by atoms with Gasteiger partial charge in [0.15, 0.2) is 6.10 Å². The van der Waals surface area contributed by atoms with E-state index in [2.05, 4.69) is 106 Å². The van der Waals surface area contributed by atoms with Crippen LogP contribution in [0.2, 0.25) is 0 Å². The highest BCUT2D eigenvalue weighted by molar-refractivity contribution is 5.71. The molecule has 1 atom stereocenters. The van der Waals surface area contributed by atoms with Crippen LogP contribution in [0.5, 0.6) is 0 Å². The molecule has 0 radical (unpaired) electrons. The quantitative estimate of drug-likeness (QED) is 0.0261. The first kappa shape index (κ1) is 78.6. The molecule has 6 nitrogen and oxygen atoms in total. The molecule has 0 heterocycles. The lowest BCUT2D eigenvalue weighted by atomic mass is 10.0. The summed E-state index contributed by atoms with van der Waals surface area (Å²) in [6, 6.07) is 0. The van der Waals surface area contributed by atoms with Crippen molar-refractivity contribution in [2.75, 3.05) is 13.2 Å². The van der Waals surface area contributed by atoms with E-state index in [0.29, 0.717) is 19.3 Å². The number of unbranched alkanes of at least 4 members (excludes halogenated alkanes) is 40. The minimum absolute atomic E-state index is 0.0730. The molecule has 0 saturated heterocycles. The van der Waals surface area contributed by atoms with Gasteiger partial charge in [0.2, 0.25) is 0 Å². The molecular weight excluding hydrogens is 1010 g/mol. The normalized spacial score (nSPS) is 12.6. The van der Waals surface area contributed by atoms with Gasteiger partial charge in [-0.05, 0) is 96.3 Å². The van der Waals surface area contributed by atoms with E-state index < -0.39 is 6.10 Å². The molecule has 0 rings (SSSR count). The Morgan fingerprint density at radius 1 is 0.256 bits per heavy atom. The minimum Gasteiger partial charge on any atom is -0.462 e. The predicted molar refractivity (Wildman–Crippen MR) is 358 cm³/mol. The van der Waals surface area contributed by atoms with Crippen LogP contribution in [-0.2, 0) is 28.6 Å². The van der Waals surface area contributed by atoms with Gasteiger partial charge in [-0.25, -0.2) is 0 Å². The van der Waals surface area contributed by atoms with Gasteiger partial charge in [-0.2, -0.15) is 0 Å². The summed E-state index contributed by atoms with van der Waals surface area (Å²) in [6.07, 6.45) is 93.7. The molecule has 0 aliphatic heterocycles. The van der Waals surface area contributed by atoms with Crippen LogP contribution in [-0.4, -0.2) is 37.2 Å². The van der Waals surface area contributed by atoms with Crippen molar-refractivity contribution in [3.8, 4) is 0 Å². The van der Waals surface area contributed by atoms with Crippen LogP contribution in [0.4, 0.5) is 0 Å². The number of allylic oxidation sites excluding steroid dienone is 14. The van der Waals surface area contributed by atoms with Gasteiger partial charge >= 0.3 is 17.9 Å². The number of carbonyl (C=O) groups is 3. The van der Waals surface area contributed by atoms with Crippen LogP contribution < -0.4 is 0 Å². The summed E-state index contributed by atoms with van der Waals surface area (Å²) in [5.41, 5.74) is 0. The maximum Gasteiger partial charge on any atom is 0.306 e. The van der Waals surface area contributed by atoms with Gasteiger partial charge in [0.25, 0.3) is 0 Å². The van der Waals surface area contributed by atoms with Gasteiger partial charge in [-0.1, -0.05) is 331 Å². The van der Waals surface area contributed by atoms with E-state index in [1.54, 1.807) is 0 Å². The molecule has 82 heavy (non-hydrogen) atoms. The van der Waals surface area contributed by atoms with Crippen LogP contribution in [0, 0.1) is 0 Å². The maximum atomic E-state index is 12.9. The molecule has 0 fully saturated rings. The number of carbonyl (C=O) groups excluding carboxylic acids is 3. The second-order valence-electron chi connectivity index (χ2n) is 23.8. The molecule has 0 aliphatic rings. The molecule has 0 aromatic rings. The third-order valence-corrected chi connectivity index (χ3v) is 15.6. The molecule has 0 bridgehead atoms. The van der Waals surface area contributed by atoms with Crippen molar-refractivity contribution in [3.63, 3.8) is 0 Å². The second kappa shape index (κ2) is 70.1. The van der Waals surface area contributed by atoms with Crippen molar-refractivity contribution in [1.82, 2.24) is 0 Å². The SMILES string of the molecule is CC/C=C\C/C=C\C/C=C\C/C=C\CCCCCCCCCCCCCCC(=O)OC(COC(=O)CCCCCCCC)COC(=O)CCCCCCCCCCCCCCCCCCCC/C=C\C/C=C\C/C=C\CCCCCCC. The van der Waals surface area contributed by atoms with E-state index in [-0.39, 0.29) is 31.1 Å². The number of hydrogen-bond donors (Lipinski definition) is 0. The maximum absolute atomic E-state index is 12.9. The molecule has 0 aromatic heterocycles. The van der Waals surface area contributed by atoms with Crippen molar-refractivity contribution in [2.24, 2.45) is 0 Å². The third kappa shape index (κ3) is 67.4. The number of rotatable bonds is 65. The van der Waals surface area contributed by atoms with E-state index >= 15 is 0 Å². The predicted octanol–water partition coefficient (Wildman–Crippen LogP) is 24.6. The summed E-state index contributed by atoms with van der Waals surface area (Å²) in [5, 5.41) is 0. The first-order valence-electron chi connectivity index (χ1n) is 35.6. The zero-order valence-corrected chi connectivity index (χ0v) is 54.5. The fourth-order valence-electron chi connectivity index (χ4n) is 10.3. The van der Waals surface area contributed by atoms with Crippen molar-refractivity contribution >= 4 is 17.9 Å². The molecule has 0 aliphatic carbocycles. The minimum atomic E-state index is -0.774. The Morgan fingerprint density at radius 2 is 0.476 bits per heavy atom. The molecule has 0 aromatic carbocycles.